The first-order valence-corrected chi connectivity index (χ1v) is 8.88. The molecule has 1 fully saturated rings. The van der Waals surface area contributed by atoms with Crippen LogP contribution in [0.1, 0.15) is 17.9 Å². The fourth-order valence-electron chi connectivity index (χ4n) is 2.94. The van der Waals surface area contributed by atoms with E-state index in [9.17, 15) is 4.79 Å². The molecule has 0 bridgehead atoms. The molecule has 7 heteroatoms. The minimum Gasteiger partial charge on any atom is -0.361 e. The molecule has 1 aliphatic heterocycles. The van der Waals surface area contributed by atoms with Crippen molar-refractivity contribution in [1.29, 1.82) is 0 Å². The Hall–Kier alpha value is -1.89. The van der Waals surface area contributed by atoms with Crippen LogP contribution in [0.2, 0.25) is 5.02 Å². The van der Waals surface area contributed by atoms with Gasteiger partial charge in [-0.1, -0.05) is 22.8 Å². The first kappa shape index (κ1) is 17.9. The third-order valence-corrected chi connectivity index (χ3v) is 4.53. The van der Waals surface area contributed by atoms with Crippen molar-refractivity contribution in [2.45, 2.75) is 19.9 Å². The third kappa shape index (κ3) is 5.56. The largest absolute Gasteiger partial charge is 0.361 e. The van der Waals surface area contributed by atoms with E-state index in [0.29, 0.717) is 11.4 Å². The number of benzene rings is 1. The van der Waals surface area contributed by atoms with E-state index >= 15 is 0 Å². The Morgan fingerprint density at radius 1 is 1.24 bits per heavy atom. The Kier molecular flexibility index (Phi) is 6.07. The number of aryl methyl sites for hydroxylation is 1. The van der Waals surface area contributed by atoms with E-state index in [1.165, 1.54) is 0 Å². The lowest BCUT2D eigenvalue weighted by Gasteiger charge is -2.34. The highest BCUT2D eigenvalue weighted by Crippen LogP contribution is 2.15. The molecule has 0 atom stereocenters. The molecule has 1 aliphatic rings. The van der Waals surface area contributed by atoms with E-state index < -0.39 is 0 Å². The topological polar surface area (TPSA) is 61.6 Å². The van der Waals surface area contributed by atoms with Crippen LogP contribution >= 0.6 is 11.6 Å². The highest BCUT2D eigenvalue weighted by Gasteiger charge is 2.18. The van der Waals surface area contributed by atoms with Gasteiger partial charge in [0.25, 0.3) is 0 Å². The van der Waals surface area contributed by atoms with Crippen LogP contribution in [0.5, 0.6) is 0 Å². The molecule has 2 heterocycles. The molecule has 1 aromatic carbocycles. The van der Waals surface area contributed by atoms with Crippen LogP contribution in [0, 0.1) is 6.92 Å². The third-order valence-electron chi connectivity index (χ3n) is 4.29. The SMILES string of the molecule is Cc1cc(CN2CCN(CCC(=O)Nc3cccc(Cl)c3)CC2)no1. The van der Waals surface area contributed by atoms with Gasteiger partial charge in [-0.25, -0.2) is 0 Å². The van der Waals surface area contributed by atoms with Crippen LogP contribution in [0.15, 0.2) is 34.9 Å². The highest BCUT2D eigenvalue weighted by atomic mass is 35.5. The molecule has 1 N–H and O–H groups in total. The number of amides is 1. The summed E-state index contributed by atoms with van der Waals surface area (Å²) in [7, 11) is 0. The fourth-order valence-corrected chi connectivity index (χ4v) is 3.13. The predicted octanol–water partition coefficient (Wildman–Crippen LogP) is 2.78. The maximum Gasteiger partial charge on any atom is 0.225 e. The summed E-state index contributed by atoms with van der Waals surface area (Å²) in [5.74, 6) is 0.863. The van der Waals surface area contributed by atoms with Crippen LogP contribution in [0.3, 0.4) is 0 Å². The summed E-state index contributed by atoms with van der Waals surface area (Å²) in [6, 6.07) is 9.19. The van der Waals surface area contributed by atoms with Crippen LogP contribution in [-0.2, 0) is 11.3 Å². The van der Waals surface area contributed by atoms with Gasteiger partial charge in [0.1, 0.15) is 5.76 Å². The number of carbonyl (C=O) groups excluding carboxylic acids is 1. The first-order valence-electron chi connectivity index (χ1n) is 8.51. The lowest BCUT2D eigenvalue weighted by molar-refractivity contribution is -0.116. The van der Waals surface area contributed by atoms with Gasteiger partial charge < -0.3 is 14.7 Å². The number of aromatic nitrogens is 1. The number of rotatable bonds is 6. The zero-order chi connectivity index (χ0) is 17.6. The number of halogens is 1. The second-order valence-corrected chi connectivity index (χ2v) is 6.79. The average Bonchev–Trinajstić information content (AvgIpc) is 2.99. The molecule has 0 saturated carbocycles. The van der Waals surface area contributed by atoms with Crippen molar-refractivity contribution < 1.29 is 9.32 Å². The number of nitrogens with one attached hydrogen (secondary N) is 1. The molecule has 0 radical (unpaired) electrons. The molecule has 25 heavy (non-hydrogen) atoms. The summed E-state index contributed by atoms with van der Waals surface area (Å²) in [4.78, 5) is 16.7. The Labute approximate surface area is 152 Å². The van der Waals surface area contributed by atoms with Crippen molar-refractivity contribution in [3.63, 3.8) is 0 Å². The standard InChI is InChI=1S/C18H23ClN4O2/c1-14-11-17(21-25-14)13-23-9-7-22(8-10-23)6-5-18(24)20-16-4-2-3-15(19)12-16/h2-4,11-12H,5-10,13H2,1H3,(H,20,24). The molecular formula is C18H23ClN4O2. The summed E-state index contributed by atoms with van der Waals surface area (Å²) in [5, 5.41) is 7.55. The van der Waals surface area contributed by atoms with Crippen LogP contribution in [0.25, 0.3) is 0 Å². The van der Waals surface area contributed by atoms with Crippen molar-refractivity contribution in [1.82, 2.24) is 15.0 Å². The Morgan fingerprint density at radius 2 is 2.00 bits per heavy atom. The van der Waals surface area contributed by atoms with Crippen molar-refractivity contribution in [3.05, 3.63) is 46.8 Å². The van der Waals surface area contributed by atoms with Crippen molar-refractivity contribution in [2.24, 2.45) is 0 Å². The fraction of sp³-hybridized carbons (Fsp3) is 0.444. The molecule has 1 saturated heterocycles. The summed E-state index contributed by atoms with van der Waals surface area (Å²) >= 11 is 5.93. The van der Waals surface area contributed by atoms with Crippen LogP contribution < -0.4 is 5.32 Å². The van der Waals surface area contributed by atoms with Crippen LogP contribution in [-0.4, -0.2) is 53.6 Å². The number of nitrogens with zero attached hydrogens (tertiary/aromatic N) is 3. The van der Waals surface area contributed by atoms with E-state index in [-0.39, 0.29) is 5.91 Å². The molecule has 134 valence electrons. The zero-order valence-corrected chi connectivity index (χ0v) is 15.1. The number of carbonyl (C=O) groups is 1. The van der Waals surface area contributed by atoms with E-state index in [1.807, 2.05) is 25.1 Å². The number of anilines is 1. The summed E-state index contributed by atoms with van der Waals surface area (Å²) in [5.41, 5.74) is 1.72. The summed E-state index contributed by atoms with van der Waals surface area (Å²) in [6.07, 6.45) is 0.481. The second kappa shape index (κ2) is 8.47. The van der Waals surface area contributed by atoms with Gasteiger partial charge in [-0.2, -0.15) is 0 Å². The predicted molar refractivity (Wildman–Crippen MR) is 97.7 cm³/mol. The molecule has 6 nitrogen and oxygen atoms in total. The monoisotopic (exact) mass is 362 g/mol. The zero-order valence-electron chi connectivity index (χ0n) is 14.4. The maximum absolute atomic E-state index is 12.1. The molecule has 1 amide bonds. The average molecular weight is 363 g/mol. The number of hydrogen-bond donors (Lipinski definition) is 1. The van der Waals surface area contributed by atoms with Gasteiger partial charge in [-0.15, -0.1) is 0 Å². The maximum atomic E-state index is 12.1. The summed E-state index contributed by atoms with van der Waals surface area (Å²) in [6.45, 7) is 7.36. The molecule has 1 aromatic heterocycles. The molecule has 0 unspecified atom stereocenters. The molecule has 0 aliphatic carbocycles. The highest BCUT2D eigenvalue weighted by molar-refractivity contribution is 6.30. The Bertz CT molecular complexity index is 711. The summed E-state index contributed by atoms with van der Waals surface area (Å²) < 4.78 is 5.11. The van der Waals surface area contributed by atoms with Gasteiger partial charge in [-0.05, 0) is 25.1 Å². The normalized spacial score (nSPS) is 16.1. The first-order chi connectivity index (χ1) is 12.1. The second-order valence-electron chi connectivity index (χ2n) is 6.36. The number of hydrogen-bond acceptors (Lipinski definition) is 5. The van der Waals surface area contributed by atoms with Crippen molar-refractivity contribution >= 4 is 23.2 Å². The molecular weight excluding hydrogens is 340 g/mol. The minimum absolute atomic E-state index is 0.0165. The molecule has 3 rings (SSSR count). The van der Waals surface area contributed by atoms with E-state index in [4.69, 9.17) is 16.1 Å². The van der Waals surface area contributed by atoms with E-state index in [2.05, 4.69) is 20.3 Å². The Morgan fingerprint density at radius 3 is 2.68 bits per heavy atom. The quantitative estimate of drug-likeness (QED) is 0.856. The molecule has 0 spiro atoms. The van der Waals surface area contributed by atoms with Gasteiger partial charge in [0.15, 0.2) is 0 Å². The van der Waals surface area contributed by atoms with Gasteiger partial charge in [0.05, 0.1) is 5.69 Å². The lowest BCUT2D eigenvalue weighted by atomic mass is 10.2. The van der Waals surface area contributed by atoms with Crippen LogP contribution in [0.4, 0.5) is 5.69 Å². The van der Waals surface area contributed by atoms with Gasteiger partial charge >= 0.3 is 0 Å². The van der Waals surface area contributed by atoms with E-state index in [0.717, 1.165) is 56.4 Å². The van der Waals surface area contributed by atoms with Crippen molar-refractivity contribution in [3.8, 4) is 0 Å². The Balaban J connectivity index is 1.36. The van der Waals surface area contributed by atoms with Gasteiger partial charge in [-0.3, -0.25) is 9.69 Å². The van der Waals surface area contributed by atoms with E-state index in [1.54, 1.807) is 12.1 Å². The minimum atomic E-state index is 0.0165. The van der Waals surface area contributed by atoms with Crippen molar-refractivity contribution in [2.75, 3.05) is 38.0 Å². The van der Waals surface area contributed by atoms with Gasteiger partial charge in [0, 0.05) is 62.5 Å². The molecule has 2 aromatic rings. The van der Waals surface area contributed by atoms with Gasteiger partial charge in [0.2, 0.25) is 5.91 Å². The lowest BCUT2D eigenvalue weighted by Crippen LogP contribution is -2.46. The smallest absolute Gasteiger partial charge is 0.225 e. The number of piperazine rings is 1.